The average molecular weight is 256 g/mol. The minimum Gasteiger partial charge on any atom is -0.424 e. The summed E-state index contributed by atoms with van der Waals surface area (Å²) in [6.07, 6.45) is 1.47. The molecule has 0 saturated heterocycles. The van der Waals surface area contributed by atoms with Gasteiger partial charge < -0.3 is 10.1 Å². The maximum atomic E-state index is 12.1. The van der Waals surface area contributed by atoms with Crippen LogP contribution < -0.4 is 10.1 Å². The van der Waals surface area contributed by atoms with Gasteiger partial charge in [-0.2, -0.15) is 0 Å². The quantitative estimate of drug-likeness (QED) is 0.855. The Balaban J connectivity index is 2.21. The number of nitrogens with zero attached hydrogens (tertiary/aromatic N) is 1. The van der Waals surface area contributed by atoms with Crippen molar-refractivity contribution in [2.75, 3.05) is 5.32 Å². The zero-order valence-corrected chi connectivity index (χ0v) is 10.3. The van der Waals surface area contributed by atoms with Crippen LogP contribution in [0.5, 0.6) is 5.75 Å². The topological polar surface area (TPSA) is 68.3 Å². The molecule has 0 fully saturated rings. The summed E-state index contributed by atoms with van der Waals surface area (Å²) in [4.78, 5) is 27.0. The van der Waals surface area contributed by atoms with Crippen LogP contribution in [0.3, 0.4) is 0 Å². The third kappa shape index (κ3) is 3.38. The van der Waals surface area contributed by atoms with Gasteiger partial charge in [-0.1, -0.05) is 18.2 Å². The number of anilines is 1. The number of benzene rings is 1. The molecule has 0 unspecified atom stereocenters. The molecule has 1 heterocycles. The average Bonchev–Trinajstić information content (AvgIpc) is 2.39. The fourth-order valence-corrected chi connectivity index (χ4v) is 1.51. The van der Waals surface area contributed by atoms with E-state index in [9.17, 15) is 9.59 Å². The molecule has 0 saturated carbocycles. The zero-order chi connectivity index (χ0) is 13.7. The van der Waals surface area contributed by atoms with Gasteiger partial charge in [-0.25, -0.2) is 4.98 Å². The Labute approximate surface area is 110 Å². The van der Waals surface area contributed by atoms with Gasteiger partial charge in [0.05, 0.1) is 0 Å². The second-order valence-electron chi connectivity index (χ2n) is 3.76. The van der Waals surface area contributed by atoms with Crippen LogP contribution in [0.15, 0.2) is 48.7 Å². The number of carbonyl (C=O) groups excluding carboxylic acids is 2. The number of amides is 1. The van der Waals surface area contributed by atoms with Crippen molar-refractivity contribution in [1.29, 1.82) is 0 Å². The third-order valence-electron chi connectivity index (χ3n) is 2.27. The van der Waals surface area contributed by atoms with Gasteiger partial charge in [0.15, 0.2) is 11.4 Å². The molecular weight excluding hydrogens is 244 g/mol. The number of aromatic nitrogens is 1. The van der Waals surface area contributed by atoms with Crippen molar-refractivity contribution < 1.29 is 14.3 Å². The molecule has 5 heteroatoms. The van der Waals surface area contributed by atoms with E-state index in [1.54, 1.807) is 30.3 Å². The smallest absolute Gasteiger partial charge is 0.308 e. The highest BCUT2D eigenvalue weighted by Crippen LogP contribution is 2.17. The molecular formula is C14H12N2O3. The van der Waals surface area contributed by atoms with Crippen molar-refractivity contribution in [3.8, 4) is 5.75 Å². The Morgan fingerprint density at radius 2 is 1.84 bits per heavy atom. The van der Waals surface area contributed by atoms with E-state index in [0.29, 0.717) is 5.69 Å². The van der Waals surface area contributed by atoms with Crippen LogP contribution in [-0.4, -0.2) is 16.9 Å². The van der Waals surface area contributed by atoms with Crippen molar-refractivity contribution in [2.45, 2.75) is 6.92 Å². The molecule has 1 aromatic heterocycles. The molecule has 0 radical (unpaired) electrons. The number of pyridine rings is 1. The van der Waals surface area contributed by atoms with E-state index >= 15 is 0 Å². The van der Waals surface area contributed by atoms with Crippen LogP contribution in [0.2, 0.25) is 0 Å². The van der Waals surface area contributed by atoms with Crippen molar-refractivity contribution in [3.05, 3.63) is 54.4 Å². The molecule has 1 N–H and O–H groups in total. The van der Waals surface area contributed by atoms with E-state index in [4.69, 9.17) is 4.74 Å². The highest BCUT2D eigenvalue weighted by molar-refractivity contribution is 6.05. The van der Waals surface area contributed by atoms with E-state index in [0.717, 1.165) is 0 Å². The van der Waals surface area contributed by atoms with E-state index in [2.05, 4.69) is 10.3 Å². The minimum absolute atomic E-state index is 0.0709. The Kier molecular flexibility index (Phi) is 3.87. The Morgan fingerprint density at radius 3 is 2.53 bits per heavy atom. The monoisotopic (exact) mass is 256 g/mol. The molecule has 5 nitrogen and oxygen atoms in total. The van der Waals surface area contributed by atoms with Crippen molar-refractivity contribution in [1.82, 2.24) is 4.98 Å². The number of nitrogens with one attached hydrogen (secondary N) is 1. The van der Waals surface area contributed by atoms with Gasteiger partial charge in [0.1, 0.15) is 0 Å². The van der Waals surface area contributed by atoms with Crippen molar-refractivity contribution >= 4 is 17.6 Å². The third-order valence-corrected chi connectivity index (χ3v) is 2.27. The highest BCUT2D eigenvalue weighted by Gasteiger charge is 2.15. The maximum absolute atomic E-state index is 12.1. The lowest BCUT2D eigenvalue weighted by atomic mass is 10.2. The Morgan fingerprint density at radius 1 is 1.11 bits per heavy atom. The summed E-state index contributed by atoms with van der Waals surface area (Å²) in [5.41, 5.74) is 0.716. The predicted molar refractivity (Wildman–Crippen MR) is 69.9 cm³/mol. The summed E-state index contributed by atoms with van der Waals surface area (Å²) in [5.74, 6) is -0.784. The van der Waals surface area contributed by atoms with E-state index in [1.807, 2.05) is 6.07 Å². The molecule has 0 spiro atoms. The first kappa shape index (κ1) is 12.8. The standard InChI is InChI=1S/C14H12N2O3/c1-10(17)19-12-8-5-9-15-13(12)14(18)16-11-6-3-2-4-7-11/h2-9H,1H3,(H,16,18). The fraction of sp³-hybridized carbons (Fsp3) is 0.0714. The molecule has 96 valence electrons. The number of para-hydroxylation sites is 1. The number of rotatable bonds is 3. The Bertz CT molecular complexity index is 597. The minimum atomic E-state index is -0.498. The normalized spacial score (nSPS) is 9.74. The number of esters is 1. The van der Waals surface area contributed by atoms with Crippen LogP contribution >= 0.6 is 0 Å². The second-order valence-corrected chi connectivity index (χ2v) is 3.76. The lowest BCUT2D eigenvalue weighted by Gasteiger charge is -2.08. The van der Waals surface area contributed by atoms with Crippen molar-refractivity contribution in [3.63, 3.8) is 0 Å². The summed E-state index contributed by atoms with van der Waals surface area (Å²) >= 11 is 0. The summed E-state index contributed by atoms with van der Waals surface area (Å²) in [7, 11) is 0. The number of carbonyl (C=O) groups is 2. The molecule has 0 aliphatic heterocycles. The first-order valence-corrected chi connectivity index (χ1v) is 5.66. The number of hydrogen-bond acceptors (Lipinski definition) is 4. The lowest BCUT2D eigenvalue weighted by molar-refractivity contribution is -0.131. The molecule has 0 aliphatic rings. The molecule has 19 heavy (non-hydrogen) atoms. The van der Waals surface area contributed by atoms with Gasteiger partial charge in [0.2, 0.25) is 0 Å². The first-order valence-electron chi connectivity index (χ1n) is 5.66. The van der Waals surface area contributed by atoms with Crippen LogP contribution in [0.25, 0.3) is 0 Å². The summed E-state index contributed by atoms with van der Waals surface area (Å²) in [6, 6.07) is 12.1. The van der Waals surface area contributed by atoms with Crippen LogP contribution in [0, 0.1) is 0 Å². The second kappa shape index (κ2) is 5.77. The maximum Gasteiger partial charge on any atom is 0.308 e. The van der Waals surface area contributed by atoms with Crippen LogP contribution in [-0.2, 0) is 4.79 Å². The molecule has 2 rings (SSSR count). The van der Waals surface area contributed by atoms with Gasteiger partial charge in [-0.15, -0.1) is 0 Å². The first-order chi connectivity index (χ1) is 9.16. The summed E-state index contributed by atoms with van der Waals surface area (Å²) < 4.78 is 4.94. The summed E-state index contributed by atoms with van der Waals surface area (Å²) in [6.45, 7) is 1.27. The predicted octanol–water partition coefficient (Wildman–Crippen LogP) is 2.26. The molecule has 2 aromatic rings. The number of hydrogen-bond donors (Lipinski definition) is 1. The molecule has 0 aliphatic carbocycles. The summed E-state index contributed by atoms with van der Waals surface area (Å²) in [5, 5.41) is 2.68. The molecule has 1 amide bonds. The number of ether oxygens (including phenoxy) is 1. The van der Waals surface area contributed by atoms with E-state index in [-0.39, 0.29) is 11.4 Å². The SMILES string of the molecule is CC(=O)Oc1cccnc1C(=O)Nc1ccccc1. The zero-order valence-electron chi connectivity index (χ0n) is 10.3. The Hall–Kier alpha value is -2.69. The van der Waals surface area contributed by atoms with Gasteiger partial charge in [0.25, 0.3) is 5.91 Å². The van der Waals surface area contributed by atoms with E-state index < -0.39 is 11.9 Å². The fourth-order valence-electron chi connectivity index (χ4n) is 1.51. The van der Waals surface area contributed by atoms with Crippen molar-refractivity contribution in [2.24, 2.45) is 0 Å². The molecule has 0 bridgehead atoms. The lowest BCUT2D eigenvalue weighted by Crippen LogP contribution is -2.16. The largest absolute Gasteiger partial charge is 0.424 e. The van der Waals surface area contributed by atoms with Gasteiger partial charge >= 0.3 is 5.97 Å². The van der Waals surface area contributed by atoms with Gasteiger partial charge in [-0.3, -0.25) is 9.59 Å². The van der Waals surface area contributed by atoms with Crippen LogP contribution in [0.4, 0.5) is 5.69 Å². The molecule has 1 aromatic carbocycles. The van der Waals surface area contributed by atoms with Gasteiger partial charge in [0, 0.05) is 18.8 Å². The molecule has 0 atom stereocenters. The van der Waals surface area contributed by atoms with Crippen LogP contribution in [0.1, 0.15) is 17.4 Å². The van der Waals surface area contributed by atoms with E-state index in [1.165, 1.54) is 19.2 Å². The highest BCUT2D eigenvalue weighted by atomic mass is 16.5. The van der Waals surface area contributed by atoms with Gasteiger partial charge in [-0.05, 0) is 24.3 Å².